The van der Waals surface area contributed by atoms with E-state index in [-0.39, 0.29) is 29.6 Å². The number of urea groups is 1. The highest BCUT2D eigenvalue weighted by Crippen LogP contribution is 2.49. The fraction of sp³-hybridized carbons (Fsp3) is 0.552. The van der Waals surface area contributed by atoms with Gasteiger partial charge in [0.15, 0.2) is 0 Å². The Balaban J connectivity index is 1.33. The average molecular weight is 506 g/mol. The van der Waals surface area contributed by atoms with Gasteiger partial charge in [-0.2, -0.15) is 4.98 Å². The zero-order valence-corrected chi connectivity index (χ0v) is 22.3. The molecule has 8 heteroatoms. The topological polar surface area (TPSA) is 78.0 Å². The third kappa shape index (κ3) is 4.91. The molecule has 0 radical (unpaired) electrons. The predicted octanol–water partition coefficient (Wildman–Crippen LogP) is 4.34. The van der Waals surface area contributed by atoms with Crippen LogP contribution in [0.25, 0.3) is 0 Å². The number of hydrogen-bond donors (Lipinski definition) is 1. The number of carbonyl (C=O) groups excluding carboxylic acids is 2. The van der Waals surface area contributed by atoms with Gasteiger partial charge in [0.25, 0.3) is 0 Å². The van der Waals surface area contributed by atoms with Crippen LogP contribution in [0.5, 0.6) is 5.88 Å². The summed E-state index contributed by atoms with van der Waals surface area (Å²) in [6.07, 6.45) is 7.43. The van der Waals surface area contributed by atoms with Gasteiger partial charge in [0, 0.05) is 24.7 Å². The lowest BCUT2D eigenvalue weighted by molar-refractivity contribution is -0.116. The second kappa shape index (κ2) is 10.3. The van der Waals surface area contributed by atoms with Gasteiger partial charge in [-0.05, 0) is 70.2 Å². The van der Waals surface area contributed by atoms with Gasteiger partial charge >= 0.3 is 6.03 Å². The molecule has 0 bridgehead atoms. The van der Waals surface area contributed by atoms with Crippen molar-refractivity contribution in [1.82, 2.24) is 19.7 Å². The summed E-state index contributed by atoms with van der Waals surface area (Å²) < 4.78 is 5.16. The molecule has 3 fully saturated rings. The molecule has 1 saturated heterocycles. The van der Waals surface area contributed by atoms with E-state index in [2.05, 4.69) is 64.5 Å². The number of amides is 3. The Kier molecular flexibility index (Phi) is 7.12. The first kappa shape index (κ1) is 25.5. The summed E-state index contributed by atoms with van der Waals surface area (Å²) in [6.45, 7) is 1.42. The van der Waals surface area contributed by atoms with Gasteiger partial charge in [-0.3, -0.25) is 9.69 Å². The van der Waals surface area contributed by atoms with Gasteiger partial charge in [-0.25, -0.2) is 4.79 Å². The molecule has 8 nitrogen and oxygen atoms in total. The van der Waals surface area contributed by atoms with E-state index in [1.165, 1.54) is 24.8 Å². The number of nitrogens with zero attached hydrogens (tertiary/aromatic N) is 4. The predicted molar refractivity (Wildman–Crippen MR) is 143 cm³/mol. The van der Waals surface area contributed by atoms with Crippen LogP contribution >= 0.6 is 0 Å². The van der Waals surface area contributed by atoms with E-state index in [9.17, 15) is 9.59 Å². The molecule has 1 N–H and O–H groups in total. The minimum Gasteiger partial charge on any atom is -0.481 e. The molecular formula is C29H39N5O3. The van der Waals surface area contributed by atoms with Gasteiger partial charge in [-0.15, -0.1) is 0 Å². The lowest BCUT2D eigenvalue weighted by atomic mass is 9.68. The molecule has 0 unspecified atom stereocenters. The van der Waals surface area contributed by atoms with E-state index in [1.807, 2.05) is 0 Å². The van der Waals surface area contributed by atoms with Crippen molar-refractivity contribution in [2.45, 2.75) is 56.0 Å². The fourth-order valence-corrected chi connectivity index (χ4v) is 6.46. The Morgan fingerprint density at radius 3 is 2.43 bits per heavy atom. The van der Waals surface area contributed by atoms with Crippen molar-refractivity contribution in [2.75, 3.05) is 46.2 Å². The lowest BCUT2D eigenvalue weighted by Gasteiger charge is -2.51. The lowest BCUT2D eigenvalue weighted by Crippen LogP contribution is -2.56. The number of carbonyl (C=O) groups is 2. The molecule has 3 amide bonds. The third-order valence-corrected chi connectivity index (χ3v) is 8.93. The Hall–Kier alpha value is -3.13. The molecule has 1 aromatic heterocycles. The number of nitrogens with one attached hydrogen (secondary N) is 1. The fourth-order valence-electron chi connectivity index (χ4n) is 6.46. The van der Waals surface area contributed by atoms with Crippen LogP contribution < -0.4 is 10.1 Å². The molecule has 37 heavy (non-hydrogen) atoms. The third-order valence-electron chi connectivity index (χ3n) is 8.93. The van der Waals surface area contributed by atoms with Crippen LogP contribution in [-0.2, 0) is 10.3 Å². The summed E-state index contributed by atoms with van der Waals surface area (Å²) >= 11 is 0. The van der Waals surface area contributed by atoms with Crippen LogP contribution in [0.3, 0.4) is 0 Å². The van der Waals surface area contributed by atoms with Crippen molar-refractivity contribution >= 4 is 17.8 Å². The molecule has 5 rings (SSSR count). The molecule has 0 atom stereocenters. The van der Waals surface area contributed by atoms with Gasteiger partial charge in [0.2, 0.25) is 11.8 Å². The molecule has 1 aromatic carbocycles. The van der Waals surface area contributed by atoms with Crippen LogP contribution in [0.4, 0.5) is 10.6 Å². The monoisotopic (exact) mass is 505 g/mol. The molecular weight excluding hydrogens is 466 g/mol. The van der Waals surface area contributed by atoms with Crippen LogP contribution in [0.1, 0.15) is 50.5 Å². The summed E-state index contributed by atoms with van der Waals surface area (Å²) in [4.78, 5) is 37.2. The Morgan fingerprint density at radius 2 is 1.81 bits per heavy atom. The van der Waals surface area contributed by atoms with Crippen molar-refractivity contribution in [3.05, 3.63) is 54.1 Å². The summed E-state index contributed by atoms with van der Waals surface area (Å²) in [5.74, 6) is 1.20. The van der Waals surface area contributed by atoms with E-state index in [0.717, 1.165) is 32.2 Å². The maximum Gasteiger partial charge on any atom is 0.321 e. The van der Waals surface area contributed by atoms with Crippen molar-refractivity contribution in [2.24, 2.45) is 5.92 Å². The minimum absolute atomic E-state index is 0.00212. The Bertz CT molecular complexity index is 1110. The number of ether oxygens (including phenoxy) is 1. The van der Waals surface area contributed by atoms with Crippen molar-refractivity contribution in [1.29, 1.82) is 0 Å². The highest BCUT2D eigenvalue weighted by atomic mass is 16.5. The number of hydrogen-bond acceptors (Lipinski definition) is 5. The van der Waals surface area contributed by atoms with Gasteiger partial charge in [0.1, 0.15) is 12.4 Å². The van der Waals surface area contributed by atoms with Crippen LogP contribution in [0, 0.1) is 5.92 Å². The van der Waals surface area contributed by atoms with Crippen LogP contribution in [0.2, 0.25) is 0 Å². The van der Waals surface area contributed by atoms with Crippen molar-refractivity contribution < 1.29 is 14.3 Å². The zero-order chi connectivity index (χ0) is 26.0. The largest absolute Gasteiger partial charge is 0.481 e. The first-order valence-electron chi connectivity index (χ1n) is 13.5. The molecule has 3 aliphatic rings. The van der Waals surface area contributed by atoms with E-state index < -0.39 is 0 Å². The first-order chi connectivity index (χ1) is 17.8. The smallest absolute Gasteiger partial charge is 0.321 e. The first-order valence-corrected chi connectivity index (χ1v) is 13.5. The molecule has 198 valence electrons. The zero-order valence-electron chi connectivity index (χ0n) is 22.3. The van der Waals surface area contributed by atoms with Gasteiger partial charge in [-0.1, -0.05) is 42.8 Å². The minimum atomic E-state index is -0.238. The molecule has 1 aliphatic heterocycles. The molecule has 2 aromatic rings. The molecule has 2 saturated carbocycles. The second-order valence-electron chi connectivity index (χ2n) is 11.2. The Morgan fingerprint density at radius 1 is 1.08 bits per heavy atom. The quantitative estimate of drug-likeness (QED) is 0.578. The van der Waals surface area contributed by atoms with Crippen LogP contribution in [-0.4, -0.2) is 78.0 Å². The maximum absolute atomic E-state index is 13.7. The number of methoxy groups -OCH3 is 1. The average Bonchev–Trinajstić information content (AvgIpc) is 3.12. The van der Waals surface area contributed by atoms with E-state index >= 15 is 0 Å². The number of pyridine rings is 1. The van der Waals surface area contributed by atoms with E-state index in [4.69, 9.17) is 4.74 Å². The van der Waals surface area contributed by atoms with E-state index in [0.29, 0.717) is 24.2 Å². The highest BCUT2D eigenvalue weighted by Gasteiger charge is 2.55. The summed E-state index contributed by atoms with van der Waals surface area (Å²) in [5, 5.41) is 2.83. The summed E-state index contributed by atoms with van der Waals surface area (Å²) in [6, 6.07) is 16.0. The normalized spacial score (nSPS) is 26.0. The van der Waals surface area contributed by atoms with E-state index in [1.54, 1.807) is 30.2 Å². The number of aromatic nitrogens is 1. The summed E-state index contributed by atoms with van der Waals surface area (Å²) in [7, 11) is 5.88. The standard InChI is InChI=1S/C29H39N5O3/c1-32(2)29(23-11-5-4-6-12-23)17-15-28(16-18-29)21-33(27(36)34(28)19-22-9-7-10-22)20-25(35)30-24-13-8-14-26(31-24)37-3/h4-6,8,11-14,22H,7,9-10,15-21H2,1-3H3,(H,30,31,35)/t28-,29-. The molecule has 1 spiro atoms. The van der Waals surface area contributed by atoms with Gasteiger partial charge < -0.3 is 19.9 Å². The highest BCUT2D eigenvalue weighted by molar-refractivity contribution is 5.94. The van der Waals surface area contributed by atoms with Gasteiger partial charge in [0.05, 0.1) is 12.6 Å². The maximum atomic E-state index is 13.7. The Labute approximate surface area is 220 Å². The van der Waals surface area contributed by atoms with Crippen LogP contribution in [0.15, 0.2) is 48.5 Å². The van der Waals surface area contributed by atoms with Crippen molar-refractivity contribution in [3.63, 3.8) is 0 Å². The second-order valence-corrected chi connectivity index (χ2v) is 11.2. The molecule has 2 heterocycles. The summed E-state index contributed by atoms with van der Waals surface area (Å²) in [5.41, 5.74) is 1.07. The molecule has 2 aliphatic carbocycles. The SMILES string of the molecule is COc1cccc(NC(=O)CN2C[C@]3(CC[C@@](c4ccccc4)(N(C)C)CC3)N(CC3CCC3)C2=O)n1. The number of benzene rings is 1. The number of anilines is 1. The number of rotatable bonds is 8. The van der Waals surface area contributed by atoms with Crippen molar-refractivity contribution in [3.8, 4) is 5.88 Å².